The molecular formula is C36H46Cl2N8O6. The summed E-state index contributed by atoms with van der Waals surface area (Å²) >= 11 is 12.1. The standard InChI is InChI=1S/2C18H23ClN4O3/c2*1-4-25-18(24)22-8-9-23(12(2)11-22)13(3)16-20-17(26-21-16)14-6-5-7-15(19)10-14/h2*5-7,10,12-13H,4,8-9,11H2,1-3H3. The van der Waals surface area contributed by atoms with Gasteiger partial charge in [-0.3, -0.25) is 9.80 Å². The van der Waals surface area contributed by atoms with Crippen LogP contribution in [0.4, 0.5) is 9.59 Å². The number of amides is 2. The van der Waals surface area contributed by atoms with E-state index in [1.807, 2.05) is 52.0 Å². The van der Waals surface area contributed by atoms with E-state index in [-0.39, 0.29) is 36.4 Å². The van der Waals surface area contributed by atoms with Crippen LogP contribution in [0.5, 0.6) is 0 Å². The molecular weight excluding hydrogens is 711 g/mol. The van der Waals surface area contributed by atoms with Crippen LogP contribution in [0, 0.1) is 0 Å². The van der Waals surface area contributed by atoms with Gasteiger partial charge < -0.3 is 28.3 Å². The molecule has 4 atom stereocenters. The molecule has 2 fully saturated rings. The average Bonchev–Trinajstić information content (AvgIpc) is 3.83. The Morgan fingerprint density at radius 3 is 1.48 bits per heavy atom. The molecule has 14 nitrogen and oxygen atoms in total. The van der Waals surface area contributed by atoms with Crippen LogP contribution in [0.1, 0.15) is 65.3 Å². The first-order chi connectivity index (χ1) is 25.0. The Bertz CT molecular complexity index is 1660. The van der Waals surface area contributed by atoms with Crippen molar-refractivity contribution in [2.24, 2.45) is 0 Å². The topological polar surface area (TPSA) is 143 Å². The molecule has 2 aromatic carbocycles. The third-order valence-corrected chi connectivity index (χ3v) is 9.65. The summed E-state index contributed by atoms with van der Waals surface area (Å²) in [5.74, 6) is 2.15. The normalized spacial score (nSPS) is 19.4. The van der Waals surface area contributed by atoms with Crippen LogP contribution in [0.15, 0.2) is 57.6 Å². The fourth-order valence-corrected chi connectivity index (χ4v) is 6.82. The van der Waals surface area contributed by atoms with Crippen LogP contribution in [-0.2, 0) is 9.47 Å². The quantitative estimate of drug-likeness (QED) is 0.179. The summed E-state index contributed by atoms with van der Waals surface area (Å²) in [5.41, 5.74) is 1.59. The molecule has 2 amide bonds. The Morgan fingerprint density at radius 2 is 1.13 bits per heavy atom. The number of halogens is 2. The second-order valence-electron chi connectivity index (χ2n) is 12.8. The number of ether oxygens (including phenoxy) is 2. The molecule has 0 aliphatic carbocycles. The van der Waals surface area contributed by atoms with Crippen molar-refractivity contribution >= 4 is 35.4 Å². The SMILES string of the molecule is CCOC(=O)N1CCN(C(C)c2noc(-c3cccc(Cl)c3)n2)C(C)C1.CCOC(=O)N1CCN(C(C)c2noc(-c3cccc(Cl)c3)n2)C(C)C1. The van der Waals surface area contributed by atoms with Crippen molar-refractivity contribution in [2.45, 2.75) is 65.7 Å². The van der Waals surface area contributed by atoms with Gasteiger partial charge >= 0.3 is 12.2 Å². The van der Waals surface area contributed by atoms with Gasteiger partial charge in [-0.2, -0.15) is 9.97 Å². The third kappa shape index (κ3) is 9.59. The zero-order valence-electron chi connectivity index (χ0n) is 30.4. The zero-order chi connectivity index (χ0) is 37.4. The number of hydrogen-bond donors (Lipinski definition) is 0. The summed E-state index contributed by atoms with van der Waals surface area (Å²) in [6.45, 7) is 16.6. The van der Waals surface area contributed by atoms with Crippen LogP contribution in [0.25, 0.3) is 22.9 Å². The van der Waals surface area contributed by atoms with Gasteiger partial charge in [0, 0.05) is 72.5 Å². The predicted molar refractivity (Wildman–Crippen MR) is 196 cm³/mol. The summed E-state index contributed by atoms with van der Waals surface area (Å²) < 4.78 is 21.0. The minimum atomic E-state index is -0.255. The summed E-state index contributed by atoms with van der Waals surface area (Å²) in [7, 11) is 0. The predicted octanol–water partition coefficient (Wildman–Crippen LogP) is 7.23. The van der Waals surface area contributed by atoms with Crippen molar-refractivity contribution in [2.75, 3.05) is 52.5 Å². The molecule has 16 heteroatoms. The molecule has 4 aromatic rings. The summed E-state index contributed by atoms with van der Waals surface area (Å²) in [6, 6.07) is 14.9. The van der Waals surface area contributed by atoms with Crippen LogP contribution in [0.3, 0.4) is 0 Å². The van der Waals surface area contributed by atoms with Gasteiger partial charge in [-0.25, -0.2) is 9.59 Å². The fourth-order valence-electron chi connectivity index (χ4n) is 6.44. The van der Waals surface area contributed by atoms with Gasteiger partial charge in [-0.05, 0) is 77.9 Å². The summed E-state index contributed by atoms with van der Waals surface area (Å²) in [4.78, 5) is 40.9. The monoisotopic (exact) mass is 756 g/mol. The maximum absolute atomic E-state index is 11.9. The highest BCUT2D eigenvalue weighted by Crippen LogP contribution is 2.28. The highest BCUT2D eigenvalue weighted by atomic mass is 35.5. The fraction of sp³-hybridized carbons (Fsp3) is 0.500. The average molecular weight is 758 g/mol. The smallest absolute Gasteiger partial charge is 0.409 e. The number of piperazine rings is 2. The first-order valence-electron chi connectivity index (χ1n) is 17.5. The molecule has 0 spiro atoms. The van der Waals surface area contributed by atoms with Gasteiger partial charge in [-0.1, -0.05) is 45.6 Å². The number of carbonyl (C=O) groups is 2. The number of carbonyl (C=O) groups excluding carboxylic acids is 2. The Labute approximate surface area is 313 Å². The number of rotatable bonds is 8. The Hall–Kier alpha value is -4.24. The Balaban J connectivity index is 0.000000201. The van der Waals surface area contributed by atoms with E-state index < -0.39 is 0 Å². The number of aromatic nitrogens is 4. The minimum absolute atomic E-state index is 0.0222. The maximum atomic E-state index is 11.9. The van der Waals surface area contributed by atoms with E-state index in [1.165, 1.54) is 0 Å². The molecule has 4 unspecified atom stereocenters. The molecule has 0 bridgehead atoms. The van der Waals surface area contributed by atoms with Crippen LogP contribution < -0.4 is 0 Å². The molecule has 0 saturated carbocycles. The van der Waals surface area contributed by atoms with Gasteiger partial charge in [0.15, 0.2) is 11.6 Å². The molecule has 0 radical (unpaired) electrons. The molecule has 2 aromatic heterocycles. The lowest BCUT2D eigenvalue weighted by molar-refractivity contribution is 0.0381. The number of hydrogen-bond acceptors (Lipinski definition) is 12. The van der Waals surface area contributed by atoms with E-state index >= 15 is 0 Å². The Morgan fingerprint density at radius 1 is 0.731 bits per heavy atom. The molecule has 0 N–H and O–H groups in total. The summed E-state index contributed by atoms with van der Waals surface area (Å²) in [6.07, 6.45) is -0.510. The maximum Gasteiger partial charge on any atom is 0.409 e. The van der Waals surface area contributed by atoms with Crippen LogP contribution in [0.2, 0.25) is 10.0 Å². The molecule has 4 heterocycles. The first kappa shape index (κ1) is 39.0. The second-order valence-corrected chi connectivity index (χ2v) is 13.6. The highest BCUT2D eigenvalue weighted by Gasteiger charge is 2.34. The molecule has 2 aliphatic heterocycles. The number of nitrogens with zero attached hydrogens (tertiary/aromatic N) is 8. The summed E-state index contributed by atoms with van der Waals surface area (Å²) in [5, 5.41) is 9.53. The minimum Gasteiger partial charge on any atom is -0.450 e. The van der Waals surface area contributed by atoms with Crippen molar-refractivity contribution in [1.29, 1.82) is 0 Å². The van der Waals surface area contributed by atoms with Crippen molar-refractivity contribution in [3.63, 3.8) is 0 Å². The van der Waals surface area contributed by atoms with Gasteiger partial charge in [0.05, 0.1) is 25.3 Å². The lowest BCUT2D eigenvalue weighted by atomic mass is 10.1. The van der Waals surface area contributed by atoms with Crippen molar-refractivity contribution in [3.05, 3.63) is 70.2 Å². The largest absolute Gasteiger partial charge is 0.450 e. The van der Waals surface area contributed by atoms with E-state index in [1.54, 1.807) is 34.1 Å². The van der Waals surface area contributed by atoms with Crippen molar-refractivity contribution in [1.82, 2.24) is 39.9 Å². The third-order valence-electron chi connectivity index (χ3n) is 9.18. The molecule has 2 aliphatic rings. The second kappa shape index (κ2) is 18.0. The van der Waals surface area contributed by atoms with E-state index in [0.29, 0.717) is 72.9 Å². The highest BCUT2D eigenvalue weighted by molar-refractivity contribution is 6.31. The lowest BCUT2D eigenvalue weighted by Gasteiger charge is -2.41. The van der Waals surface area contributed by atoms with Crippen molar-refractivity contribution < 1.29 is 28.1 Å². The van der Waals surface area contributed by atoms with Crippen LogP contribution >= 0.6 is 23.2 Å². The first-order valence-corrected chi connectivity index (χ1v) is 18.3. The van der Waals surface area contributed by atoms with E-state index in [9.17, 15) is 9.59 Å². The van der Waals surface area contributed by atoms with E-state index in [2.05, 4.69) is 43.9 Å². The van der Waals surface area contributed by atoms with E-state index in [4.69, 9.17) is 41.7 Å². The van der Waals surface area contributed by atoms with Crippen molar-refractivity contribution in [3.8, 4) is 22.9 Å². The van der Waals surface area contributed by atoms with Gasteiger partial charge in [-0.15, -0.1) is 0 Å². The van der Waals surface area contributed by atoms with Gasteiger partial charge in [0.1, 0.15) is 0 Å². The van der Waals surface area contributed by atoms with Gasteiger partial charge in [0.2, 0.25) is 0 Å². The molecule has 2 saturated heterocycles. The van der Waals surface area contributed by atoms with Crippen LogP contribution in [-0.4, -0.2) is 117 Å². The number of benzene rings is 2. The molecule has 6 rings (SSSR count). The molecule has 280 valence electrons. The van der Waals surface area contributed by atoms with Gasteiger partial charge in [0.25, 0.3) is 11.8 Å². The lowest BCUT2D eigenvalue weighted by Crippen LogP contribution is -2.54. The Kier molecular flexibility index (Phi) is 13.5. The van der Waals surface area contributed by atoms with E-state index in [0.717, 1.165) is 24.2 Å². The zero-order valence-corrected chi connectivity index (χ0v) is 31.9. The molecule has 52 heavy (non-hydrogen) atoms.